The van der Waals surface area contributed by atoms with Gasteiger partial charge in [-0.25, -0.2) is 0 Å². The van der Waals surface area contributed by atoms with Gasteiger partial charge in [-0.3, -0.25) is 14.9 Å². The van der Waals surface area contributed by atoms with Crippen molar-refractivity contribution >= 4 is 5.96 Å². The molecule has 1 saturated heterocycles. The number of hydrogen-bond acceptors (Lipinski definition) is 6. The predicted molar refractivity (Wildman–Crippen MR) is 122 cm³/mol. The Labute approximate surface area is 184 Å². The number of benzene rings is 1. The first kappa shape index (κ1) is 22.8. The summed E-state index contributed by atoms with van der Waals surface area (Å²) in [6.07, 6.45) is 2.73. The molecule has 1 aromatic heterocycles. The van der Waals surface area contributed by atoms with Crippen LogP contribution >= 0.6 is 0 Å². The maximum atomic E-state index is 10.4. The Balaban J connectivity index is 1.59. The molecule has 1 aliphatic heterocycles. The molecule has 1 unspecified atom stereocenters. The molecule has 3 rings (SSSR count). The van der Waals surface area contributed by atoms with Crippen molar-refractivity contribution in [3.05, 3.63) is 53.9 Å². The second-order valence-corrected chi connectivity index (χ2v) is 7.43. The lowest BCUT2D eigenvalue weighted by Gasteiger charge is -2.36. The number of pyridine rings is 1. The number of nitrogens with one attached hydrogen (secondary N) is 1. The summed E-state index contributed by atoms with van der Waals surface area (Å²) in [7, 11) is 3.38. The zero-order valence-electron chi connectivity index (χ0n) is 18.6. The lowest BCUT2D eigenvalue weighted by molar-refractivity contribution is 0.168. The third-order valence-corrected chi connectivity index (χ3v) is 5.39. The molecule has 1 aromatic carbocycles. The number of aliphatic imine (C=N–C) groups is 1. The average Bonchev–Trinajstić information content (AvgIpc) is 2.82. The molecule has 1 aliphatic rings. The zero-order valence-corrected chi connectivity index (χ0v) is 18.6. The quantitative estimate of drug-likeness (QED) is 0.492. The van der Waals surface area contributed by atoms with Gasteiger partial charge in [0, 0.05) is 57.2 Å². The van der Waals surface area contributed by atoms with Crippen molar-refractivity contribution in [3.8, 4) is 11.5 Å². The maximum Gasteiger partial charge on any atom is 0.194 e. The molecule has 0 saturated carbocycles. The lowest BCUT2D eigenvalue weighted by atomic mass is 10.1. The van der Waals surface area contributed by atoms with Crippen molar-refractivity contribution in [1.29, 1.82) is 0 Å². The van der Waals surface area contributed by atoms with E-state index in [2.05, 4.69) is 32.0 Å². The summed E-state index contributed by atoms with van der Waals surface area (Å²) >= 11 is 0. The van der Waals surface area contributed by atoms with Crippen molar-refractivity contribution in [2.24, 2.45) is 4.99 Å². The Kier molecular flexibility index (Phi) is 8.49. The highest BCUT2D eigenvalue weighted by Gasteiger charge is 2.21. The Hall–Kier alpha value is -2.84. The number of guanidine groups is 1. The molecule has 2 N–H and O–H groups in total. The summed E-state index contributed by atoms with van der Waals surface area (Å²) in [6.45, 7) is 7.52. The molecule has 168 valence electrons. The fraction of sp³-hybridized carbons (Fsp3) is 0.478. The number of methoxy groups -OCH3 is 2. The lowest BCUT2D eigenvalue weighted by Crippen LogP contribution is -2.52. The minimum absolute atomic E-state index is 0.313. The zero-order chi connectivity index (χ0) is 22.1. The first-order valence-electron chi connectivity index (χ1n) is 10.7. The number of nitrogens with zero attached hydrogens (tertiary/aromatic N) is 4. The average molecular weight is 428 g/mol. The number of ether oxygens (including phenoxy) is 2. The van der Waals surface area contributed by atoms with Crippen LogP contribution in [0.4, 0.5) is 0 Å². The molecule has 2 heterocycles. The van der Waals surface area contributed by atoms with Crippen LogP contribution in [0.15, 0.2) is 47.7 Å². The largest absolute Gasteiger partial charge is 0.497 e. The van der Waals surface area contributed by atoms with Gasteiger partial charge in [-0.05, 0) is 42.8 Å². The summed E-state index contributed by atoms with van der Waals surface area (Å²) in [6, 6.07) is 9.54. The predicted octanol–water partition coefficient (Wildman–Crippen LogP) is 1.92. The van der Waals surface area contributed by atoms with Gasteiger partial charge < -0.3 is 24.8 Å². The highest BCUT2D eigenvalue weighted by molar-refractivity contribution is 5.80. The van der Waals surface area contributed by atoms with Crippen LogP contribution in [0.1, 0.15) is 24.2 Å². The molecule has 0 radical (unpaired) electrons. The van der Waals surface area contributed by atoms with E-state index in [0.717, 1.165) is 67.9 Å². The topological polar surface area (TPSA) is 82.5 Å². The SMILES string of the molecule is CCNC(=NCC(O)c1ccncc1)N1CCN(Cc2cc(OC)ccc2OC)CC1. The van der Waals surface area contributed by atoms with E-state index >= 15 is 0 Å². The van der Waals surface area contributed by atoms with Gasteiger partial charge in [0.05, 0.1) is 26.9 Å². The maximum absolute atomic E-state index is 10.4. The molecule has 0 amide bonds. The van der Waals surface area contributed by atoms with Gasteiger partial charge in [-0.2, -0.15) is 0 Å². The van der Waals surface area contributed by atoms with Crippen LogP contribution in [0.3, 0.4) is 0 Å². The number of hydrogen-bond donors (Lipinski definition) is 2. The highest BCUT2D eigenvalue weighted by Crippen LogP contribution is 2.25. The summed E-state index contributed by atoms with van der Waals surface area (Å²) in [4.78, 5) is 13.3. The summed E-state index contributed by atoms with van der Waals surface area (Å²) in [5, 5.41) is 13.8. The Morgan fingerprint density at radius 2 is 1.87 bits per heavy atom. The standard InChI is InChI=1S/C23H33N5O3/c1-4-25-23(26-16-21(29)18-7-9-24-10-8-18)28-13-11-27(12-14-28)17-19-15-20(30-2)5-6-22(19)31-3/h5-10,15,21,29H,4,11-14,16-17H2,1-3H3,(H,25,26). The van der Waals surface area contributed by atoms with E-state index in [1.165, 1.54) is 0 Å². The van der Waals surface area contributed by atoms with E-state index in [1.807, 2.05) is 30.3 Å². The van der Waals surface area contributed by atoms with Gasteiger partial charge in [-0.15, -0.1) is 0 Å². The second kappa shape index (κ2) is 11.5. The first-order chi connectivity index (χ1) is 15.1. The van der Waals surface area contributed by atoms with E-state index in [-0.39, 0.29) is 0 Å². The third-order valence-electron chi connectivity index (χ3n) is 5.39. The molecule has 0 spiro atoms. The van der Waals surface area contributed by atoms with Crippen molar-refractivity contribution in [3.63, 3.8) is 0 Å². The number of rotatable bonds is 8. The molecule has 8 nitrogen and oxygen atoms in total. The van der Waals surface area contributed by atoms with Crippen LogP contribution in [-0.2, 0) is 6.54 Å². The monoisotopic (exact) mass is 427 g/mol. The molecule has 0 bridgehead atoms. The fourth-order valence-electron chi connectivity index (χ4n) is 3.65. The van der Waals surface area contributed by atoms with Gasteiger partial charge >= 0.3 is 0 Å². The molecule has 8 heteroatoms. The van der Waals surface area contributed by atoms with Crippen LogP contribution in [0.2, 0.25) is 0 Å². The summed E-state index contributed by atoms with van der Waals surface area (Å²) in [5.74, 6) is 2.56. The molecular formula is C23H33N5O3. The summed E-state index contributed by atoms with van der Waals surface area (Å²) < 4.78 is 10.9. The van der Waals surface area contributed by atoms with E-state index in [1.54, 1.807) is 26.6 Å². The van der Waals surface area contributed by atoms with E-state index in [9.17, 15) is 5.11 Å². The van der Waals surface area contributed by atoms with E-state index < -0.39 is 6.10 Å². The first-order valence-corrected chi connectivity index (χ1v) is 10.7. The van der Waals surface area contributed by atoms with Gasteiger partial charge in [0.25, 0.3) is 0 Å². The van der Waals surface area contributed by atoms with Crippen LogP contribution < -0.4 is 14.8 Å². The molecule has 1 fully saturated rings. The van der Waals surface area contributed by atoms with Crippen LogP contribution in [0, 0.1) is 0 Å². The number of piperazine rings is 1. The van der Waals surface area contributed by atoms with Crippen molar-refractivity contribution in [2.75, 3.05) is 53.5 Å². The van der Waals surface area contributed by atoms with E-state index in [4.69, 9.17) is 9.47 Å². The van der Waals surface area contributed by atoms with Crippen LogP contribution in [0.25, 0.3) is 0 Å². The van der Waals surface area contributed by atoms with Crippen molar-refractivity contribution in [1.82, 2.24) is 20.1 Å². The minimum atomic E-state index is -0.640. The molecular weight excluding hydrogens is 394 g/mol. The smallest absolute Gasteiger partial charge is 0.194 e. The third kappa shape index (κ3) is 6.32. The number of aliphatic hydroxyl groups excluding tert-OH is 1. The fourth-order valence-corrected chi connectivity index (χ4v) is 3.65. The van der Waals surface area contributed by atoms with Gasteiger partial charge in [-0.1, -0.05) is 0 Å². The summed E-state index contributed by atoms with van der Waals surface area (Å²) in [5.41, 5.74) is 1.95. The second-order valence-electron chi connectivity index (χ2n) is 7.43. The van der Waals surface area contributed by atoms with Crippen molar-refractivity contribution < 1.29 is 14.6 Å². The Morgan fingerprint density at radius 1 is 1.13 bits per heavy atom. The normalized spacial score (nSPS) is 16.1. The highest BCUT2D eigenvalue weighted by atomic mass is 16.5. The Morgan fingerprint density at radius 3 is 2.52 bits per heavy atom. The van der Waals surface area contributed by atoms with Gasteiger partial charge in [0.15, 0.2) is 5.96 Å². The van der Waals surface area contributed by atoms with Crippen molar-refractivity contribution in [2.45, 2.75) is 19.6 Å². The molecule has 1 atom stereocenters. The van der Waals surface area contributed by atoms with Gasteiger partial charge in [0.1, 0.15) is 11.5 Å². The number of aromatic nitrogens is 1. The number of aliphatic hydroxyl groups is 1. The van der Waals surface area contributed by atoms with Crippen LogP contribution in [-0.4, -0.2) is 79.3 Å². The van der Waals surface area contributed by atoms with Gasteiger partial charge in [0.2, 0.25) is 0 Å². The van der Waals surface area contributed by atoms with E-state index in [0.29, 0.717) is 6.54 Å². The molecule has 0 aliphatic carbocycles. The molecule has 2 aromatic rings. The van der Waals surface area contributed by atoms with Crippen LogP contribution in [0.5, 0.6) is 11.5 Å². The minimum Gasteiger partial charge on any atom is -0.497 e. The molecule has 31 heavy (non-hydrogen) atoms. The Bertz CT molecular complexity index is 838.